The number of pyridine rings is 2. The lowest BCUT2D eigenvalue weighted by atomic mass is 9.90. The standard InChI is InChI=1S/C23H25N7O2/c1-15-27-23(28-32-15)14-30-5-3-16(4-6-30)22(31)9-20-8-17-7-18(10-25-21(17)12-24-20)19-11-26-29(2)13-19/h7-8,10-13,16H,3-6,9,14H2,1-2H3. The van der Waals surface area contributed by atoms with Crippen molar-refractivity contribution in [1.82, 2.24) is 34.8 Å². The first kappa shape index (κ1) is 20.4. The van der Waals surface area contributed by atoms with Crippen LogP contribution in [0.4, 0.5) is 0 Å². The maximum atomic E-state index is 12.9. The number of piperidine rings is 1. The Morgan fingerprint density at radius 3 is 2.69 bits per heavy atom. The van der Waals surface area contributed by atoms with Gasteiger partial charge in [-0.15, -0.1) is 0 Å². The normalized spacial score (nSPS) is 15.4. The number of rotatable bonds is 6. The molecule has 0 saturated carbocycles. The SMILES string of the molecule is Cc1nc(CN2CCC(C(=O)Cc3cc4cc(-c5cnn(C)c5)cnc4cn3)CC2)no1. The van der Waals surface area contributed by atoms with Crippen LogP contribution in [0.25, 0.3) is 22.0 Å². The van der Waals surface area contributed by atoms with E-state index in [1.54, 1.807) is 17.8 Å². The predicted octanol–water partition coefficient (Wildman–Crippen LogP) is 2.75. The van der Waals surface area contributed by atoms with Crippen molar-refractivity contribution >= 4 is 16.7 Å². The third-order valence-corrected chi connectivity index (χ3v) is 6.00. The van der Waals surface area contributed by atoms with Crippen molar-refractivity contribution in [3.8, 4) is 11.1 Å². The van der Waals surface area contributed by atoms with Crippen molar-refractivity contribution in [3.05, 3.63) is 54.3 Å². The van der Waals surface area contributed by atoms with E-state index in [0.717, 1.165) is 53.7 Å². The summed E-state index contributed by atoms with van der Waals surface area (Å²) in [7, 11) is 1.89. The molecular formula is C23H25N7O2. The fourth-order valence-corrected chi connectivity index (χ4v) is 4.24. The van der Waals surface area contributed by atoms with Crippen LogP contribution in [0.2, 0.25) is 0 Å². The monoisotopic (exact) mass is 431 g/mol. The molecule has 9 nitrogen and oxygen atoms in total. The van der Waals surface area contributed by atoms with E-state index in [9.17, 15) is 4.79 Å². The first-order valence-electron chi connectivity index (χ1n) is 10.8. The summed E-state index contributed by atoms with van der Waals surface area (Å²) in [5, 5.41) is 9.17. The molecule has 1 saturated heterocycles. The van der Waals surface area contributed by atoms with Gasteiger partial charge in [-0.1, -0.05) is 5.16 Å². The van der Waals surface area contributed by atoms with Gasteiger partial charge in [-0.2, -0.15) is 10.1 Å². The zero-order valence-corrected chi connectivity index (χ0v) is 18.2. The summed E-state index contributed by atoms with van der Waals surface area (Å²) < 4.78 is 6.81. The summed E-state index contributed by atoms with van der Waals surface area (Å²) in [6, 6.07) is 4.06. The van der Waals surface area contributed by atoms with Crippen molar-refractivity contribution in [1.29, 1.82) is 0 Å². The van der Waals surface area contributed by atoms with Crippen LogP contribution in [-0.4, -0.2) is 53.7 Å². The lowest BCUT2D eigenvalue weighted by molar-refractivity contribution is -0.123. The van der Waals surface area contributed by atoms with E-state index in [-0.39, 0.29) is 11.7 Å². The molecule has 1 aliphatic rings. The van der Waals surface area contributed by atoms with Crippen LogP contribution in [-0.2, 0) is 24.8 Å². The van der Waals surface area contributed by atoms with Crippen LogP contribution in [0.5, 0.6) is 0 Å². The summed E-state index contributed by atoms with van der Waals surface area (Å²) in [6.45, 7) is 4.16. The molecule has 0 unspecified atom stereocenters. The highest BCUT2D eigenvalue weighted by atomic mass is 16.5. The maximum Gasteiger partial charge on any atom is 0.223 e. The minimum absolute atomic E-state index is 0.0654. The van der Waals surface area contributed by atoms with Crippen LogP contribution >= 0.6 is 0 Å². The van der Waals surface area contributed by atoms with E-state index in [4.69, 9.17) is 4.52 Å². The number of Topliss-reactive ketones (excluding diaryl/α,β-unsaturated/α-hetero) is 1. The number of carbonyl (C=O) groups excluding carboxylic acids is 1. The lowest BCUT2D eigenvalue weighted by Gasteiger charge is -2.30. The van der Waals surface area contributed by atoms with Gasteiger partial charge < -0.3 is 4.52 Å². The van der Waals surface area contributed by atoms with Crippen LogP contribution < -0.4 is 0 Å². The number of hydrogen-bond donors (Lipinski definition) is 0. The average Bonchev–Trinajstić information content (AvgIpc) is 3.41. The van der Waals surface area contributed by atoms with E-state index in [1.165, 1.54) is 0 Å². The molecule has 0 N–H and O–H groups in total. The van der Waals surface area contributed by atoms with Gasteiger partial charge in [-0.05, 0) is 38.1 Å². The average molecular weight is 432 g/mol. The van der Waals surface area contributed by atoms with Crippen molar-refractivity contribution in [2.45, 2.75) is 32.7 Å². The van der Waals surface area contributed by atoms with E-state index >= 15 is 0 Å². The molecule has 9 heteroatoms. The highest BCUT2D eigenvalue weighted by Gasteiger charge is 2.26. The highest BCUT2D eigenvalue weighted by molar-refractivity contribution is 5.86. The minimum atomic E-state index is 0.0654. The van der Waals surface area contributed by atoms with Gasteiger partial charge in [-0.3, -0.25) is 24.3 Å². The molecule has 0 bridgehead atoms. The third-order valence-electron chi connectivity index (χ3n) is 6.00. The summed E-state index contributed by atoms with van der Waals surface area (Å²) in [5.74, 6) is 1.60. The Hall–Kier alpha value is -3.46. The van der Waals surface area contributed by atoms with Crippen molar-refractivity contribution in [2.24, 2.45) is 13.0 Å². The summed E-state index contributed by atoms with van der Waals surface area (Å²) in [6.07, 6.45) is 9.39. The quantitative estimate of drug-likeness (QED) is 0.459. The number of carbonyl (C=O) groups is 1. The van der Waals surface area contributed by atoms with E-state index in [1.807, 2.05) is 31.7 Å². The van der Waals surface area contributed by atoms with E-state index in [0.29, 0.717) is 24.7 Å². The molecule has 4 aromatic heterocycles. The second kappa shape index (κ2) is 8.58. The predicted molar refractivity (Wildman–Crippen MR) is 117 cm³/mol. The first-order chi connectivity index (χ1) is 15.5. The Kier molecular flexibility index (Phi) is 5.48. The Bertz CT molecular complexity index is 1250. The highest BCUT2D eigenvalue weighted by Crippen LogP contribution is 2.24. The van der Waals surface area contributed by atoms with Crippen LogP contribution in [0.3, 0.4) is 0 Å². The molecule has 32 heavy (non-hydrogen) atoms. The number of hydrogen-bond acceptors (Lipinski definition) is 8. The topological polar surface area (TPSA) is 103 Å². The van der Waals surface area contributed by atoms with Gasteiger partial charge in [0.1, 0.15) is 5.78 Å². The second-order valence-corrected chi connectivity index (χ2v) is 8.42. The van der Waals surface area contributed by atoms with Crippen molar-refractivity contribution < 1.29 is 9.32 Å². The van der Waals surface area contributed by atoms with Crippen LogP contribution in [0.1, 0.15) is 30.3 Å². The largest absolute Gasteiger partial charge is 0.340 e. The molecule has 0 aliphatic carbocycles. The van der Waals surface area contributed by atoms with Gasteiger partial charge in [-0.25, -0.2) is 0 Å². The van der Waals surface area contributed by atoms with Gasteiger partial charge in [0.25, 0.3) is 0 Å². The number of nitrogens with zero attached hydrogens (tertiary/aromatic N) is 7. The third kappa shape index (κ3) is 4.43. The minimum Gasteiger partial charge on any atom is -0.340 e. The van der Waals surface area contributed by atoms with Crippen molar-refractivity contribution in [3.63, 3.8) is 0 Å². The van der Waals surface area contributed by atoms with E-state index in [2.05, 4.69) is 36.2 Å². The van der Waals surface area contributed by atoms with Crippen LogP contribution in [0, 0.1) is 12.8 Å². The molecule has 0 aromatic carbocycles. The fourth-order valence-electron chi connectivity index (χ4n) is 4.24. The van der Waals surface area contributed by atoms with Crippen molar-refractivity contribution in [2.75, 3.05) is 13.1 Å². The number of fused-ring (bicyclic) bond motifs is 1. The van der Waals surface area contributed by atoms with Gasteiger partial charge in [0.15, 0.2) is 5.82 Å². The molecule has 4 aromatic rings. The van der Waals surface area contributed by atoms with Gasteiger partial charge in [0, 0.05) is 60.9 Å². The summed E-state index contributed by atoms with van der Waals surface area (Å²) in [5.41, 5.74) is 3.62. The molecule has 5 heterocycles. The molecule has 0 radical (unpaired) electrons. The molecule has 0 amide bonds. The van der Waals surface area contributed by atoms with E-state index < -0.39 is 0 Å². The van der Waals surface area contributed by atoms with Gasteiger partial charge >= 0.3 is 0 Å². The number of aryl methyl sites for hydroxylation is 2. The lowest BCUT2D eigenvalue weighted by Crippen LogP contribution is -2.36. The van der Waals surface area contributed by atoms with Gasteiger partial charge in [0.05, 0.1) is 24.5 Å². The molecular weight excluding hydrogens is 406 g/mol. The zero-order chi connectivity index (χ0) is 22.1. The van der Waals surface area contributed by atoms with Crippen LogP contribution in [0.15, 0.2) is 41.4 Å². The molecule has 5 rings (SSSR count). The summed E-state index contributed by atoms with van der Waals surface area (Å²) >= 11 is 0. The zero-order valence-electron chi connectivity index (χ0n) is 18.2. The Morgan fingerprint density at radius 1 is 1.12 bits per heavy atom. The Morgan fingerprint density at radius 2 is 1.97 bits per heavy atom. The Labute approximate surface area is 185 Å². The van der Waals surface area contributed by atoms with Gasteiger partial charge in [0.2, 0.25) is 5.89 Å². The molecule has 1 fully saturated rings. The maximum absolute atomic E-state index is 12.9. The fraction of sp³-hybridized carbons (Fsp3) is 0.391. The molecule has 164 valence electrons. The molecule has 0 spiro atoms. The number of likely N-dealkylation sites (tertiary alicyclic amines) is 1. The molecule has 0 atom stereocenters. The smallest absolute Gasteiger partial charge is 0.223 e. The number of aromatic nitrogens is 6. The number of ketones is 1. The summed E-state index contributed by atoms with van der Waals surface area (Å²) in [4.78, 5) is 28.5. The first-order valence-corrected chi connectivity index (χ1v) is 10.8. The molecule has 1 aliphatic heterocycles. The Balaban J connectivity index is 1.22. The second-order valence-electron chi connectivity index (χ2n) is 8.42.